The minimum Gasteiger partial charge on any atom is -0.373 e. The zero-order valence-corrected chi connectivity index (χ0v) is 12.4. The molecule has 0 aromatic carbocycles. The highest BCUT2D eigenvalue weighted by atomic mass is 32.1. The quantitative estimate of drug-likeness (QED) is 0.840. The first-order chi connectivity index (χ1) is 9.15. The van der Waals surface area contributed by atoms with E-state index in [1.54, 1.807) is 0 Å². The van der Waals surface area contributed by atoms with E-state index in [-0.39, 0.29) is 5.91 Å². The van der Waals surface area contributed by atoms with Gasteiger partial charge >= 0.3 is 0 Å². The third-order valence-corrected chi connectivity index (χ3v) is 4.05. The number of hydrogen-bond acceptors (Lipinski definition) is 4. The summed E-state index contributed by atoms with van der Waals surface area (Å²) < 4.78 is 5.70. The van der Waals surface area contributed by atoms with Gasteiger partial charge in [-0.3, -0.25) is 9.69 Å². The third-order valence-electron chi connectivity index (χ3n) is 3.18. The molecule has 106 valence electrons. The number of ether oxygens (including phenoxy) is 1. The summed E-state index contributed by atoms with van der Waals surface area (Å²) in [5, 5.41) is 4.88. The zero-order chi connectivity index (χ0) is 13.7. The summed E-state index contributed by atoms with van der Waals surface area (Å²) in [7, 11) is 0. The van der Waals surface area contributed by atoms with Crippen LogP contribution in [0.3, 0.4) is 0 Å². The lowest BCUT2D eigenvalue weighted by atomic mass is 10.2. The minimum absolute atomic E-state index is 0.0405. The third kappa shape index (κ3) is 4.60. The number of amides is 1. The Hall–Kier alpha value is -0.910. The summed E-state index contributed by atoms with van der Waals surface area (Å²) in [5.74, 6) is 0.0405. The highest BCUT2D eigenvalue weighted by Crippen LogP contribution is 2.11. The molecule has 1 aliphatic rings. The minimum atomic E-state index is 0.0405. The van der Waals surface area contributed by atoms with E-state index in [4.69, 9.17) is 4.74 Å². The number of thiophene rings is 1. The van der Waals surface area contributed by atoms with E-state index in [9.17, 15) is 4.79 Å². The van der Waals surface area contributed by atoms with E-state index in [0.717, 1.165) is 37.5 Å². The predicted octanol–water partition coefficient (Wildman–Crippen LogP) is 1.98. The molecule has 2 rings (SSSR count). The number of nitrogens with one attached hydrogen (secondary N) is 1. The van der Waals surface area contributed by atoms with Crippen molar-refractivity contribution in [3.05, 3.63) is 22.4 Å². The molecular formula is C14H22N2O2S. The van der Waals surface area contributed by atoms with Gasteiger partial charge in [0.1, 0.15) is 0 Å². The number of hydrogen-bond donors (Lipinski definition) is 1. The molecule has 0 aliphatic carbocycles. The Labute approximate surface area is 118 Å². The van der Waals surface area contributed by atoms with Gasteiger partial charge in [0.2, 0.25) is 0 Å². The van der Waals surface area contributed by atoms with Crippen LogP contribution in [-0.2, 0) is 4.74 Å². The van der Waals surface area contributed by atoms with Crippen LogP contribution in [0.25, 0.3) is 0 Å². The molecule has 0 radical (unpaired) electrons. The molecule has 2 atom stereocenters. The van der Waals surface area contributed by atoms with E-state index >= 15 is 0 Å². The van der Waals surface area contributed by atoms with Crippen molar-refractivity contribution >= 4 is 17.2 Å². The Kier molecular flexibility index (Phi) is 5.36. The van der Waals surface area contributed by atoms with Crippen molar-refractivity contribution in [2.24, 2.45) is 0 Å². The van der Waals surface area contributed by atoms with Crippen LogP contribution in [0.15, 0.2) is 17.5 Å². The fraction of sp³-hybridized carbons (Fsp3) is 0.643. The van der Waals surface area contributed by atoms with Gasteiger partial charge in [0, 0.05) is 26.2 Å². The lowest BCUT2D eigenvalue weighted by molar-refractivity contribution is -0.0679. The largest absolute Gasteiger partial charge is 0.373 e. The van der Waals surface area contributed by atoms with Crippen LogP contribution in [-0.4, -0.2) is 49.2 Å². The molecule has 1 saturated heterocycles. The van der Waals surface area contributed by atoms with Crippen LogP contribution >= 0.6 is 11.3 Å². The van der Waals surface area contributed by atoms with Crippen LogP contribution in [0, 0.1) is 0 Å². The van der Waals surface area contributed by atoms with Crippen LogP contribution < -0.4 is 5.32 Å². The molecule has 1 aromatic heterocycles. The molecule has 1 fully saturated rings. The predicted molar refractivity (Wildman–Crippen MR) is 77.7 cm³/mol. The first kappa shape index (κ1) is 14.5. The van der Waals surface area contributed by atoms with E-state index < -0.39 is 0 Å². The fourth-order valence-corrected chi connectivity index (χ4v) is 3.11. The van der Waals surface area contributed by atoms with Crippen molar-refractivity contribution in [2.75, 3.05) is 26.2 Å². The summed E-state index contributed by atoms with van der Waals surface area (Å²) in [4.78, 5) is 14.9. The fourth-order valence-electron chi connectivity index (χ4n) is 2.47. The molecule has 5 heteroatoms. The van der Waals surface area contributed by atoms with Gasteiger partial charge in [0.25, 0.3) is 5.91 Å². The Morgan fingerprint density at radius 3 is 2.84 bits per heavy atom. The summed E-state index contributed by atoms with van der Waals surface area (Å²) in [5.41, 5.74) is 0. The summed E-state index contributed by atoms with van der Waals surface area (Å²) in [6, 6.07) is 3.75. The highest BCUT2D eigenvalue weighted by molar-refractivity contribution is 7.12. The molecule has 19 heavy (non-hydrogen) atoms. The van der Waals surface area contributed by atoms with Gasteiger partial charge in [0.05, 0.1) is 17.1 Å². The van der Waals surface area contributed by atoms with Crippen molar-refractivity contribution in [3.8, 4) is 0 Å². The van der Waals surface area contributed by atoms with Gasteiger partial charge in [-0.25, -0.2) is 0 Å². The number of nitrogens with zero attached hydrogens (tertiary/aromatic N) is 1. The van der Waals surface area contributed by atoms with Crippen LogP contribution in [0.2, 0.25) is 0 Å². The van der Waals surface area contributed by atoms with Gasteiger partial charge in [-0.2, -0.15) is 0 Å². The number of carbonyl (C=O) groups excluding carboxylic acids is 1. The van der Waals surface area contributed by atoms with E-state index in [1.165, 1.54) is 11.3 Å². The molecule has 0 spiro atoms. The normalized spacial score (nSPS) is 24.3. The van der Waals surface area contributed by atoms with Gasteiger partial charge in [-0.05, 0) is 31.7 Å². The maximum Gasteiger partial charge on any atom is 0.261 e. The van der Waals surface area contributed by atoms with Gasteiger partial charge < -0.3 is 10.1 Å². The second kappa shape index (κ2) is 7.03. The van der Waals surface area contributed by atoms with Crippen LogP contribution in [0.4, 0.5) is 0 Å². The Morgan fingerprint density at radius 2 is 2.21 bits per heavy atom. The van der Waals surface area contributed by atoms with Crippen LogP contribution in [0.5, 0.6) is 0 Å². The Balaban J connectivity index is 1.63. The van der Waals surface area contributed by atoms with E-state index in [2.05, 4.69) is 24.1 Å². The maximum atomic E-state index is 11.7. The molecule has 1 aliphatic heterocycles. The average molecular weight is 282 g/mol. The SMILES string of the molecule is CC1CN(CCCNC(=O)c2cccs2)CC(C)O1. The molecule has 1 amide bonds. The zero-order valence-electron chi connectivity index (χ0n) is 11.6. The monoisotopic (exact) mass is 282 g/mol. The molecular weight excluding hydrogens is 260 g/mol. The number of rotatable bonds is 5. The molecule has 2 heterocycles. The van der Waals surface area contributed by atoms with Crippen molar-refractivity contribution in [1.82, 2.24) is 10.2 Å². The molecule has 1 N–H and O–H groups in total. The first-order valence-electron chi connectivity index (χ1n) is 6.84. The van der Waals surface area contributed by atoms with Gasteiger partial charge in [0.15, 0.2) is 0 Å². The van der Waals surface area contributed by atoms with Crippen molar-refractivity contribution in [3.63, 3.8) is 0 Å². The summed E-state index contributed by atoms with van der Waals surface area (Å²) in [6.45, 7) is 7.95. The lowest BCUT2D eigenvalue weighted by Crippen LogP contribution is -2.46. The summed E-state index contributed by atoms with van der Waals surface area (Å²) >= 11 is 1.48. The van der Waals surface area contributed by atoms with E-state index in [1.807, 2.05) is 17.5 Å². The molecule has 4 nitrogen and oxygen atoms in total. The van der Waals surface area contributed by atoms with Crippen molar-refractivity contribution in [1.29, 1.82) is 0 Å². The highest BCUT2D eigenvalue weighted by Gasteiger charge is 2.21. The van der Waals surface area contributed by atoms with Gasteiger partial charge in [-0.1, -0.05) is 6.07 Å². The smallest absolute Gasteiger partial charge is 0.261 e. The van der Waals surface area contributed by atoms with E-state index in [0.29, 0.717) is 12.2 Å². The molecule has 2 unspecified atom stereocenters. The Bertz CT molecular complexity index is 384. The summed E-state index contributed by atoms with van der Waals surface area (Å²) in [6.07, 6.45) is 1.60. The lowest BCUT2D eigenvalue weighted by Gasteiger charge is -2.35. The van der Waals surface area contributed by atoms with Crippen LogP contribution in [0.1, 0.15) is 29.9 Å². The number of carbonyl (C=O) groups is 1. The second-order valence-electron chi connectivity index (χ2n) is 5.10. The van der Waals surface area contributed by atoms with Gasteiger partial charge in [-0.15, -0.1) is 11.3 Å². The number of morpholine rings is 1. The van der Waals surface area contributed by atoms with Crippen molar-refractivity contribution < 1.29 is 9.53 Å². The standard InChI is InChI=1S/C14H22N2O2S/c1-11-9-16(10-12(2)18-11)7-4-6-15-14(17)13-5-3-8-19-13/h3,5,8,11-12H,4,6-7,9-10H2,1-2H3,(H,15,17). The Morgan fingerprint density at radius 1 is 1.47 bits per heavy atom. The maximum absolute atomic E-state index is 11.7. The first-order valence-corrected chi connectivity index (χ1v) is 7.72. The molecule has 1 aromatic rings. The molecule has 0 bridgehead atoms. The second-order valence-corrected chi connectivity index (χ2v) is 6.05. The average Bonchev–Trinajstić information content (AvgIpc) is 2.87. The molecule has 0 saturated carbocycles. The van der Waals surface area contributed by atoms with Crippen molar-refractivity contribution in [2.45, 2.75) is 32.5 Å². The topological polar surface area (TPSA) is 41.6 Å².